The Morgan fingerprint density at radius 3 is 1.85 bits per heavy atom. The van der Waals surface area contributed by atoms with E-state index in [4.69, 9.17) is 5.26 Å². The number of nitriles is 1. The molecule has 1 aliphatic carbocycles. The van der Waals surface area contributed by atoms with Gasteiger partial charge in [0.1, 0.15) is 0 Å². The van der Waals surface area contributed by atoms with E-state index in [2.05, 4.69) is 33.8 Å². The van der Waals surface area contributed by atoms with Crippen molar-refractivity contribution in [2.24, 2.45) is 22.7 Å². The van der Waals surface area contributed by atoms with Crippen LogP contribution in [0.5, 0.6) is 0 Å². The van der Waals surface area contributed by atoms with Gasteiger partial charge in [-0.1, -0.05) is 27.7 Å². The SMILES string of the molecule is CC(C#N)C(O)C1C(C)(C)C1(C)C. The number of aliphatic hydroxyl groups excluding tert-OH is 1. The van der Waals surface area contributed by atoms with Gasteiger partial charge in [-0.2, -0.15) is 5.26 Å². The van der Waals surface area contributed by atoms with Crippen LogP contribution in [0.4, 0.5) is 0 Å². The highest BCUT2D eigenvalue weighted by Crippen LogP contribution is 2.70. The standard InChI is InChI=1S/C11H19NO/c1-7(6-12)8(13)9-10(2,3)11(9,4)5/h7-9,13H,1-5H3. The molecule has 0 saturated heterocycles. The van der Waals surface area contributed by atoms with E-state index in [1.807, 2.05) is 0 Å². The molecule has 0 heterocycles. The van der Waals surface area contributed by atoms with Crippen LogP contribution in [0.25, 0.3) is 0 Å². The number of rotatable bonds is 2. The fourth-order valence-corrected chi connectivity index (χ4v) is 2.47. The molecule has 0 aromatic rings. The highest BCUT2D eigenvalue weighted by molar-refractivity contribution is 5.16. The van der Waals surface area contributed by atoms with E-state index in [0.29, 0.717) is 0 Å². The zero-order chi connectivity index (χ0) is 10.4. The molecule has 0 spiro atoms. The van der Waals surface area contributed by atoms with Crippen molar-refractivity contribution >= 4 is 0 Å². The van der Waals surface area contributed by atoms with Crippen LogP contribution in [0, 0.1) is 34.0 Å². The molecule has 1 aliphatic rings. The van der Waals surface area contributed by atoms with E-state index < -0.39 is 6.10 Å². The van der Waals surface area contributed by atoms with Gasteiger partial charge in [-0.05, 0) is 23.7 Å². The third-order valence-electron chi connectivity index (χ3n) is 4.19. The topological polar surface area (TPSA) is 44.0 Å². The van der Waals surface area contributed by atoms with Gasteiger partial charge < -0.3 is 5.11 Å². The average molecular weight is 181 g/mol. The van der Waals surface area contributed by atoms with Crippen molar-refractivity contribution in [3.8, 4) is 6.07 Å². The van der Waals surface area contributed by atoms with E-state index in [0.717, 1.165) is 0 Å². The van der Waals surface area contributed by atoms with Gasteiger partial charge in [-0.3, -0.25) is 0 Å². The van der Waals surface area contributed by atoms with Crippen LogP contribution in [0.3, 0.4) is 0 Å². The van der Waals surface area contributed by atoms with Crippen LogP contribution in [-0.2, 0) is 0 Å². The fourth-order valence-electron chi connectivity index (χ4n) is 2.47. The Labute approximate surface area is 80.6 Å². The number of hydrogen-bond donors (Lipinski definition) is 1. The maximum absolute atomic E-state index is 9.91. The Bertz CT molecular complexity index is 235. The monoisotopic (exact) mass is 181 g/mol. The average Bonchev–Trinajstić information content (AvgIpc) is 2.41. The van der Waals surface area contributed by atoms with E-state index >= 15 is 0 Å². The third-order valence-corrected chi connectivity index (χ3v) is 4.19. The van der Waals surface area contributed by atoms with E-state index in [9.17, 15) is 5.11 Å². The zero-order valence-corrected chi connectivity index (χ0v) is 9.13. The van der Waals surface area contributed by atoms with Crippen LogP contribution < -0.4 is 0 Å². The quantitative estimate of drug-likeness (QED) is 0.709. The molecule has 2 nitrogen and oxygen atoms in total. The largest absolute Gasteiger partial charge is 0.391 e. The summed E-state index contributed by atoms with van der Waals surface area (Å²) in [5.41, 5.74) is 0.328. The molecule has 0 amide bonds. The lowest BCUT2D eigenvalue weighted by molar-refractivity contribution is 0.0976. The lowest BCUT2D eigenvalue weighted by atomic mass is 9.97. The summed E-state index contributed by atoms with van der Waals surface area (Å²) in [6.07, 6.45) is -0.477. The number of hydrogen-bond acceptors (Lipinski definition) is 2. The molecule has 1 rings (SSSR count). The van der Waals surface area contributed by atoms with Crippen LogP contribution in [-0.4, -0.2) is 11.2 Å². The minimum absolute atomic E-state index is 0.164. The molecule has 0 radical (unpaired) electrons. The molecular weight excluding hydrogens is 162 g/mol. The van der Waals surface area contributed by atoms with Gasteiger partial charge in [0.15, 0.2) is 0 Å². The lowest BCUT2D eigenvalue weighted by Gasteiger charge is -2.14. The Balaban J connectivity index is 2.74. The van der Waals surface area contributed by atoms with Gasteiger partial charge in [0.2, 0.25) is 0 Å². The van der Waals surface area contributed by atoms with Crippen molar-refractivity contribution in [1.82, 2.24) is 0 Å². The van der Waals surface area contributed by atoms with Crippen LogP contribution in [0.15, 0.2) is 0 Å². The molecule has 0 aromatic carbocycles. The van der Waals surface area contributed by atoms with Gasteiger partial charge in [0.05, 0.1) is 18.1 Å². The predicted octanol–water partition coefficient (Wildman–Crippen LogP) is 2.19. The normalized spacial score (nSPS) is 29.0. The Morgan fingerprint density at radius 1 is 1.23 bits per heavy atom. The first-order chi connectivity index (χ1) is 5.76. The molecule has 0 aliphatic heterocycles. The summed E-state index contributed by atoms with van der Waals surface area (Å²) in [5.74, 6) is 0.000648. The van der Waals surface area contributed by atoms with Crippen molar-refractivity contribution in [1.29, 1.82) is 5.26 Å². The molecule has 1 saturated carbocycles. The zero-order valence-electron chi connectivity index (χ0n) is 9.13. The smallest absolute Gasteiger partial charge is 0.0734 e. The molecule has 13 heavy (non-hydrogen) atoms. The second kappa shape index (κ2) is 2.72. The predicted molar refractivity (Wildman–Crippen MR) is 51.8 cm³/mol. The molecule has 2 atom stereocenters. The highest BCUT2D eigenvalue weighted by Gasteiger charge is 2.67. The maximum atomic E-state index is 9.91. The van der Waals surface area contributed by atoms with Crippen molar-refractivity contribution < 1.29 is 5.11 Å². The molecule has 0 bridgehead atoms. The first-order valence-electron chi connectivity index (χ1n) is 4.84. The summed E-state index contributed by atoms with van der Waals surface area (Å²) in [5, 5.41) is 18.6. The first-order valence-corrected chi connectivity index (χ1v) is 4.84. The summed E-state index contributed by atoms with van der Waals surface area (Å²) in [6.45, 7) is 10.4. The van der Waals surface area contributed by atoms with E-state index in [1.54, 1.807) is 6.92 Å². The maximum Gasteiger partial charge on any atom is 0.0734 e. The van der Waals surface area contributed by atoms with Crippen LogP contribution >= 0.6 is 0 Å². The van der Waals surface area contributed by atoms with Gasteiger partial charge in [0.25, 0.3) is 0 Å². The van der Waals surface area contributed by atoms with Crippen LogP contribution in [0.2, 0.25) is 0 Å². The second-order valence-electron chi connectivity index (χ2n) is 5.33. The van der Waals surface area contributed by atoms with Gasteiger partial charge >= 0.3 is 0 Å². The minimum atomic E-state index is -0.477. The lowest BCUT2D eigenvalue weighted by Crippen LogP contribution is -2.22. The molecule has 1 fully saturated rings. The van der Waals surface area contributed by atoms with Gasteiger partial charge in [0, 0.05) is 0 Å². The fraction of sp³-hybridized carbons (Fsp3) is 0.909. The number of nitrogens with zero attached hydrogens (tertiary/aromatic N) is 1. The van der Waals surface area contributed by atoms with Gasteiger partial charge in [-0.25, -0.2) is 0 Å². The van der Waals surface area contributed by atoms with Crippen LogP contribution in [0.1, 0.15) is 34.6 Å². The molecule has 1 N–H and O–H groups in total. The van der Waals surface area contributed by atoms with Crippen molar-refractivity contribution in [3.05, 3.63) is 0 Å². The minimum Gasteiger partial charge on any atom is -0.391 e. The summed E-state index contributed by atoms with van der Waals surface area (Å²) in [7, 11) is 0. The van der Waals surface area contributed by atoms with Crippen molar-refractivity contribution in [2.45, 2.75) is 40.7 Å². The second-order valence-corrected chi connectivity index (χ2v) is 5.33. The molecule has 74 valence electrons. The summed E-state index contributed by atoms with van der Waals surface area (Å²) in [4.78, 5) is 0. The van der Waals surface area contributed by atoms with Gasteiger partial charge in [-0.15, -0.1) is 0 Å². The Kier molecular flexibility index (Phi) is 2.20. The summed E-state index contributed by atoms with van der Waals surface area (Å²) < 4.78 is 0. The Hall–Kier alpha value is -0.550. The molecule has 0 aromatic heterocycles. The first kappa shape index (κ1) is 10.5. The summed E-state index contributed by atoms with van der Waals surface area (Å²) in [6, 6.07) is 2.11. The molecule has 2 unspecified atom stereocenters. The van der Waals surface area contributed by atoms with Crippen molar-refractivity contribution in [3.63, 3.8) is 0 Å². The molecular formula is C11H19NO. The summed E-state index contributed by atoms with van der Waals surface area (Å²) >= 11 is 0. The van der Waals surface area contributed by atoms with E-state index in [-0.39, 0.29) is 22.7 Å². The third kappa shape index (κ3) is 1.26. The van der Waals surface area contributed by atoms with Crippen molar-refractivity contribution in [2.75, 3.05) is 0 Å². The Morgan fingerprint density at radius 2 is 1.62 bits per heavy atom. The number of aliphatic hydroxyl groups is 1. The van der Waals surface area contributed by atoms with E-state index in [1.165, 1.54) is 0 Å². The molecule has 2 heteroatoms. The highest BCUT2D eigenvalue weighted by atomic mass is 16.3.